The van der Waals surface area contributed by atoms with E-state index in [1.807, 2.05) is 0 Å². The molecule has 0 bridgehead atoms. The largest absolute Gasteiger partial charge is 0.416 e. The molecule has 0 heterocycles. The summed E-state index contributed by atoms with van der Waals surface area (Å²) in [4.78, 5) is 10.6. The van der Waals surface area contributed by atoms with Gasteiger partial charge in [-0.05, 0) is 18.6 Å². The van der Waals surface area contributed by atoms with Crippen molar-refractivity contribution in [2.45, 2.75) is 32.1 Å². The van der Waals surface area contributed by atoms with Gasteiger partial charge in [0.1, 0.15) is 0 Å². The minimum atomic E-state index is -4.34. The van der Waals surface area contributed by atoms with Crippen molar-refractivity contribution in [2.75, 3.05) is 0 Å². The van der Waals surface area contributed by atoms with Crippen molar-refractivity contribution in [2.24, 2.45) is 5.73 Å². The highest BCUT2D eigenvalue weighted by atomic mass is 19.4. The summed E-state index contributed by atoms with van der Waals surface area (Å²) in [6, 6.07) is 4.90. The molecule has 0 aliphatic rings. The smallest absolute Gasteiger partial charge is 0.370 e. The van der Waals surface area contributed by atoms with Crippen LogP contribution in [0, 0.1) is 0 Å². The standard InChI is InChI=1S/C12H15F3N2O/c1-8(5-11(16)18)17-7-9-3-2-4-10(6-9)12(13,14)15/h2-4,6,8,17H,5,7H2,1H3,(H2,16,18). The van der Waals surface area contributed by atoms with E-state index in [0.717, 1.165) is 12.1 Å². The van der Waals surface area contributed by atoms with E-state index in [0.29, 0.717) is 5.56 Å². The van der Waals surface area contributed by atoms with Crippen LogP contribution in [0.2, 0.25) is 0 Å². The Morgan fingerprint density at radius 3 is 2.67 bits per heavy atom. The van der Waals surface area contributed by atoms with Crippen LogP contribution in [0.1, 0.15) is 24.5 Å². The van der Waals surface area contributed by atoms with Crippen molar-refractivity contribution in [1.29, 1.82) is 0 Å². The average Bonchev–Trinajstić information content (AvgIpc) is 2.25. The van der Waals surface area contributed by atoms with E-state index in [2.05, 4.69) is 5.32 Å². The van der Waals surface area contributed by atoms with Gasteiger partial charge in [-0.1, -0.05) is 18.2 Å². The fraction of sp³-hybridized carbons (Fsp3) is 0.417. The molecular formula is C12H15F3N2O. The first-order valence-electron chi connectivity index (χ1n) is 5.47. The number of rotatable bonds is 5. The zero-order valence-corrected chi connectivity index (χ0v) is 9.92. The molecule has 1 unspecified atom stereocenters. The number of nitrogens with two attached hydrogens (primary N) is 1. The molecule has 3 N–H and O–H groups in total. The van der Waals surface area contributed by atoms with Gasteiger partial charge in [0.05, 0.1) is 5.56 Å². The zero-order valence-electron chi connectivity index (χ0n) is 9.92. The average molecular weight is 260 g/mol. The third-order valence-corrected chi connectivity index (χ3v) is 2.42. The molecule has 1 atom stereocenters. The number of carbonyl (C=O) groups is 1. The Balaban J connectivity index is 2.60. The summed E-state index contributed by atoms with van der Waals surface area (Å²) in [5.41, 5.74) is 4.85. The molecule has 100 valence electrons. The normalized spacial score (nSPS) is 13.3. The molecule has 0 spiro atoms. The van der Waals surface area contributed by atoms with Crippen LogP contribution in [0.3, 0.4) is 0 Å². The Morgan fingerprint density at radius 2 is 2.11 bits per heavy atom. The highest BCUT2D eigenvalue weighted by molar-refractivity contribution is 5.74. The molecule has 0 aliphatic carbocycles. The Kier molecular flexibility index (Phi) is 4.72. The summed E-state index contributed by atoms with van der Waals surface area (Å²) >= 11 is 0. The third kappa shape index (κ3) is 4.75. The van der Waals surface area contributed by atoms with Gasteiger partial charge in [-0.3, -0.25) is 4.79 Å². The Bertz CT molecular complexity index is 418. The molecule has 18 heavy (non-hydrogen) atoms. The summed E-state index contributed by atoms with van der Waals surface area (Å²) in [6.07, 6.45) is -4.19. The van der Waals surface area contributed by atoms with E-state index >= 15 is 0 Å². The molecule has 0 radical (unpaired) electrons. The number of hydrogen-bond acceptors (Lipinski definition) is 2. The highest BCUT2D eigenvalue weighted by Gasteiger charge is 2.30. The lowest BCUT2D eigenvalue weighted by Crippen LogP contribution is -2.30. The number of halogens is 3. The predicted molar refractivity (Wildman–Crippen MR) is 61.6 cm³/mol. The van der Waals surface area contributed by atoms with Gasteiger partial charge in [-0.25, -0.2) is 0 Å². The monoisotopic (exact) mass is 260 g/mol. The molecule has 0 saturated heterocycles. The highest BCUT2D eigenvalue weighted by Crippen LogP contribution is 2.29. The topological polar surface area (TPSA) is 55.1 Å². The van der Waals surface area contributed by atoms with Crippen LogP contribution in [0.15, 0.2) is 24.3 Å². The lowest BCUT2D eigenvalue weighted by molar-refractivity contribution is -0.137. The van der Waals surface area contributed by atoms with Crippen LogP contribution < -0.4 is 11.1 Å². The van der Waals surface area contributed by atoms with E-state index < -0.39 is 17.6 Å². The van der Waals surface area contributed by atoms with Crippen molar-refractivity contribution >= 4 is 5.91 Å². The van der Waals surface area contributed by atoms with Crippen LogP contribution in [0.25, 0.3) is 0 Å². The van der Waals surface area contributed by atoms with Gasteiger partial charge in [-0.15, -0.1) is 0 Å². The zero-order chi connectivity index (χ0) is 13.8. The lowest BCUT2D eigenvalue weighted by Gasteiger charge is -2.13. The quantitative estimate of drug-likeness (QED) is 0.851. The van der Waals surface area contributed by atoms with Crippen molar-refractivity contribution < 1.29 is 18.0 Å². The van der Waals surface area contributed by atoms with E-state index in [-0.39, 0.29) is 19.0 Å². The molecule has 0 saturated carbocycles. The maximum absolute atomic E-state index is 12.5. The minimum absolute atomic E-state index is 0.152. The van der Waals surface area contributed by atoms with E-state index in [4.69, 9.17) is 5.73 Å². The van der Waals surface area contributed by atoms with Crippen molar-refractivity contribution in [3.05, 3.63) is 35.4 Å². The second-order valence-corrected chi connectivity index (χ2v) is 4.15. The second-order valence-electron chi connectivity index (χ2n) is 4.15. The first-order chi connectivity index (χ1) is 8.29. The van der Waals surface area contributed by atoms with Crippen LogP contribution in [0.5, 0.6) is 0 Å². The third-order valence-electron chi connectivity index (χ3n) is 2.42. The maximum Gasteiger partial charge on any atom is 0.416 e. The summed E-state index contributed by atoms with van der Waals surface area (Å²) in [5, 5.41) is 2.94. The van der Waals surface area contributed by atoms with Gasteiger partial charge < -0.3 is 11.1 Å². The number of carbonyl (C=O) groups excluding carboxylic acids is 1. The van der Waals surface area contributed by atoms with Crippen molar-refractivity contribution in [3.8, 4) is 0 Å². The summed E-state index contributed by atoms with van der Waals surface area (Å²) in [5.74, 6) is -0.445. The minimum Gasteiger partial charge on any atom is -0.370 e. The van der Waals surface area contributed by atoms with Gasteiger partial charge in [0.15, 0.2) is 0 Å². The number of hydrogen-bond donors (Lipinski definition) is 2. The van der Waals surface area contributed by atoms with Gasteiger partial charge >= 0.3 is 6.18 Å². The number of benzene rings is 1. The first-order valence-corrected chi connectivity index (χ1v) is 5.47. The predicted octanol–water partition coefficient (Wildman–Crippen LogP) is 2.06. The summed E-state index contributed by atoms with van der Waals surface area (Å²) in [7, 11) is 0. The van der Waals surface area contributed by atoms with E-state index in [1.54, 1.807) is 13.0 Å². The lowest BCUT2D eigenvalue weighted by atomic mass is 10.1. The van der Waals surface area contributed by atoms with Crippen LogP contribution in [-0.2, 0) is 17.5 Å². The number of amides is 1. The molecule has 1 rings (SSSR count). The first kappa shape index (κ1) is 14.5. The van der Waals surface area contributed by atoms with Crippen molar-refractivity contribution in [1.82, 2.24) is 5.32 Å². The second kappa shape index (κ2) is 5.86. The van der Waals surface area contributed by atoms with Crippen LogP contribution >= 0.6 is 0 Å². The van der Waals surface area contributed by atoms with Crippen LogP contribution in [-0.4, -0.2) is 11.9 Å². The van der Waals surface area contributed by atoms with Gasteiger partial charge in [-0.2, -0.15) is 13.2 Å². The van der Waals surface area contributed by atoms with Crippen LogP contribution in [0.4, 0.5) is 13.2 Å². The van der Waals surface area contributed by atoms with Gasteiger partial charge in [0.25, 0.3) is 0 Å². The molecule has 1 aromatic rings. The molecule has 0 aromatic heterocycles. The number of alkyl halides is 3. The molecule has 1 aromatic carbocycles. The fourth-order valence-corrected chi connectivity index (χ4v) is 1.52. The molecule has 0 aliphatic heterocycles. The fourth-order valence-electron chi connectivity index (χ4n) is 1.52. The molecule has 1 amide bonds. The Hall–Kier alpha value is -1.56. The van der Waals surface area contributed by atoms with Gasteiger partial charge in [0, 0.05) is 19.0 Å². The summed E-state index contributed by atoms with van der Waals surface area (Å²) in [6.45, 7) is 2.01. The SMILES string of the molecule is CC(CC(N)=O)NCc1cccc(C(F)(F)F)c1. The Labute approximate surface area is 103 Å². The molecule has 0 fully saturated rings. The molecule has 3 nitrogen and oxygen atoms in total. The number of nitrogens with one attached hydrogen (secondary N) is 1. The van der Waals surface area contributed by atoms with Crippen molar-refractivity contribution in [3.63, 3.8) is 0 Å². The Morgan fingerprint density at radius 1 is 1.44 bits per heavy atom. The number of primary amides is 1. The molecular weight excluding hydrogens is 245 g/mol. The van der Waals surface area contributed by atoms with Gasteiger partial charge in [0.2, 0.25) is 5.91 Å². The van der Waals surface area contributed by atoms with E-state index in [9.17, 15) is 18.0 Å². The molecule has 6 heteroatoms. The van der Waals surface area contributed by atoms with E-state index in [1.165, 1.54) is 6.07 Å². The maximum atomic E-state index is 12.5. The summed E-state index contributed by atoms with van der Waals surface area (Å²) < 4.78 is 37.4.